The van der Waals surface area contributed by atoms with E-state index in [1.165, 1.54) is 5.56 Å². The lowest BCUT2D eigenvalue weighted by Gasteiger charge is -2.56. The van der Waals surface area contributed by atoms with Gasteiger partial charge in [-0.2, -0.15) is 0 Å². The number of benzene rings is 2. The van der Waals surface area contributed by atoms with Crippen molar-refractivity contribution in [2.45, 2.75) is 76.3 Å². The molecule has 3 saturated heterocycles. The van der Waals surface area contributed by atoms with E-state index in [1.807, 2.05) is 18.2 Å². The third-order valence-electron chi connectivity index (χ3n) is 10.1. The molecule has 5 atom stereocenters. The van der Waals surface area contributed by atoms with Gasteiger partial charge in [0.2, 0.25) is 5.91 Å². The van der Waals surface area contributed by atoms with Gasteiger partial charge in [-0.25, -0.2) is 0 Å². The molecule has 3 aliphatic heterocycles. The summed E-state index contributed by atoms with van der Waals surface area (Å²) in [6.07, 6.45) is 2.92. The smallest absolute Gasteiger partial charge is 0.240 e. The fourth-order valence-corrected chi connectivity index (χ4v) is 8.09. The SMILES string of the molecule is CC(C)(C)[Si](C)(C)OCC[C@@H]1[C@@H]2[C@@H]3CN[C@@]1(C(=O)NCc1ccccc1)C[C@@H]3CN2CCc1ccccc1. The monoisotopic (exact) mass is 533 g/mol. The van der Waals surface area contributed by atoms with Gasteiger partial charge in [0.05, 0.1) is 0 Å². The zero-order valence-corrected chi connectivity index (χ0v) is 25.0. The van der Waals surface area contributed by atoms with E-state index in [-0.39, 0.29) is 16.9 Å². The van der Waals surface area contributed by atoms with Crippen LogP contribution in [0.15, 0.2) is 60.7 Å². The van der Waals surface area contributed by atoms with Gasteiger partial charge in [0, 0.05) is 44.7 Å². The van der Waals surface area contributed by atoms with Crippen molar-refractivity contribution in [2.24, 2.45) is 17.8 Å². The number of carbonyl (C=O) groups excluding carboxylic acids is 1. The van der Waals surface area contributed by atoms with Crippen LogP contribution in [0.3, 0.4) is 0 Å². The summed E-state index contributed by atoms with van der Waals surface area (Å²) in [5.41, 5.74) is 2.02. The van der Waals surface area contributed by atoms with Crippen LogP contribution in [0.4, 0.5) is 0 Å². The minimum atomic E-state index is -1.85. The van der Waals surface area contributed by atoms with Crippen molar-refractivity contribution in [3.63, 3.8) is 0 Å². The Morgan fingerprint density at radius 3 is 2.39 bits per heavy atom. The number of rotatable bonds is 10. The molecule has 2 aromatic rings. The van der Waals surface area contributed by atoms with E-state index in [1.54, 1.807) is 0 Å². The van der Waals surface area contributed by atoms with E-state index in [2.05, 4.69) is 91.9 Å². The molecule has 6 heteroatoms. The minimum absolute atomic E-state index is 0.178. The molecule has 1 aliphatic carbocycles. The zero-order chi connectivity index (χ0) is 27.0. The Labute approximate surface area is 230 Å². The first kappa shape index (κ1) is 27.6. The molecule has 4 bridgehead atoms. The van der Waals surface area contributed by atoms with E-state index in [0.717, 1.165) is 51.1 Å². The number of carbonyl (C=O) groups is 1. The molecule has 2 N–H and O–H groups in total. The summed E-state index contributed by atoms with van der Waals surface area (Å²) in [5, 5.41) is 7.33. The van der Waals surface area contributed by atoms with Gasteiger partial charge < -0.3 is 15.1 Å². The van der Waals surface area contributed by atoms with E-state index >= 15 is 0 Å². The number of nitrogens with zero attached hydrogens (tertiary/aromatic N) is 1. The van der Waals surface area contributed by atoms with Crippen LogP contribution in [0.2, 0.25) is 18.1 Å². The maximum absolute atomic E-state index is 14.1. The Hall–Kier alpha value is -1.99. The molecule has 0 aromatic heterocycles. The Kier molecular flexibility index (Phi) is 7.89. The molecule has 4 aliphatic rings. The lowest BCUT2D eigenvalue weighted by Crippen LogP contribution is -2.74. The van der Waals surface area contributed by atoms with Crippen molar-refractivity contribution in [2.75, 3.05) is 26.2 Å². The summed E-state index contributed by atoms with van der Waals surface area (Å²) in [4.78, 5) is 16.8. The largest absolute Gasteiger partial charge is 0.417 e. The van der Waals surface area contributed by atoms with Crippen LogP contribution < -0.4 is 10.6 Å². The van der Waals surface area contributed by atoms with Crippen molar-refractivity contribution in [3.8, 4) is 0 Å². The molecular formula is C32H47N3O2Si. The number of hydrogen-bond donors (Lipinski definition) is 2. The number of fused-ring (bicyclic) bond motifs is 1. The molecule has 1 amide bonds. The fourth-order valence-electron chi connectivity index (χ4n) is 7.03. The molecule has 6 rings (SSSR count). The summed E-state index contributed by atoms with van der Waals surface area (Å²) in [5.74, 6) is 1.62. The molecular weight excluding hydrogens is 486 g/mol. The highest BCUT2D eigenvalue weighted by Gasteiger charge is 2.64. The first-order chi connectivity index (χ1) is 18.1. The van der Waals surface area contributed by atoms with Gasteiger partial charge in [-0.3, -0.25) is 9.69 Å². The molecule has 5 nitrogen and oxygen atoms in total. The van der Waals surface area contributed by atoms with Gasteiger partial charge in [0.1, 0.15) is 5.54 Å². The topological polar surface area (TPSA) is 53.6 Å². The second-order valence-corrected chi connectivity index (χ2v) is 18.2. The van der Waals surface area contributed by atoms with Crippen molar-refractivity contribution < 1.29 is 9.22 Å². The molecule has 2 aromatic carbocycles. The molecule has 0 spiro atoms. The predicted molar refractivity (Wildman–Crippen MR) is 157 cm³/mol. The van der Waals surface area contributed by atoms with Crippen molar-refractivity contribution >= 4 is 14.2 Å². The first-order valence-electron chi connectivity index (χ1n) is 14.6. The zero-order valence-electron chi connectivity index (χ0n) is 24.0. The van der Waals surface area contributed by atoms with E-state index in [9.17, 15) is 4.79 Å². The van der Waals surface area contributed by atoms with E-state index < -0.39 is 13.9 Å². The van der Waals surface area contributed by atoms with Gasteiger partial charge in [-0.15, -0.1) is 0 Å². The highest BCUT2D eigenvalue weighted by molar-refractivity contribution is 6.74. The quantitative estimate of drug-likeness (QED) is 0.411. The summed E-state index contributed by atoms with van der Waals surface area (Å²) in [6, 6.07) is 21.5. The Morgan fingerprint density at radius 2 is 1.74 bits per heavy atom. The van der Waals surface area contributed by atoms with Gasteiger partial charge in [0.15, 0.2) is 8.32 Å². The maximum Gasteiger partial charge on any atom is 0.240 e. The molecule has 206 valence electrons. The van der Waals surface area contributed by atoms with Crippen LogP contribution in [0, 0.1) is 17.8 Å². The van der Waals surface area contributed by atoms with Crippen LogP contribution in [-0.4, -0.2) is 56.9 Å². The third-order valence-corrected chi connectivity index (χ3v) is 14.7. The molecule has 0 unspecified atom stereocenters. The van der Waals surface area contributed by atoms with Gasteiger partial charge in [-0.05, 0) is 60.4 Å². The highest BCUT2D eigenvalue weighted by Crippen LogP contribution is 2.53. The van der Waals surface area contributed by atoms with E-state index in [4.69, 9.17) is 4.43 Å². The Bertz CT molecular complexity index is 1090. The van der Waals surface area contributed by atoms with Crippen LogP contribution >= 0.6 is 0 Å². The van der Waals surface area contributed by atoms with Gasteiger partial charge in [0.25, 0.3) is 0 Å². The van der Waals surface area contributed by atoms with Crippen molar-refractivity contribution in [3.05, 3.63) is 71.8 Å². The molecule has 0 radical (unpaired) electrons. The normalized spacial score (nSPS) is 29.0. The maximum atomic E-state index is 14.1. The number of nitrogens with one attached hydrogen (secondary N) is 2. The number of likely N-dealkylation sites (tertiary alicyclic amines) is 1. The molecule has 1 saturated carbocycles. The lowest BCUT2D eigenvalue weighted by molar-refractivity contribution is -0.139. The van der Waals surface area contributed by atoms with Crippen LogP contribution in [0.25, 0.3) is 0 Å². The summed E-state index contributed by atoms with van der Waals surface area (Å²) >= 11 is 0. The summed E-state index contributed by atoms with van der Waals surface area (Å²) in [6.45, 7) is 16.0. The standard InChI is InChI=1S/C32H47N3O2Si/c1-31(2,3)38(4,5)37-19-17-28-29-27-22-34-32(28,30(36)33-21-25-14-10-7-11-15-25)20-26(27)23-35(29)18-16-24-12-8-6-9-13-24/h6-15,26-29,34H,16-23H2,1-5H3,(H,33,36)/t26-,27-,28-,29+,32+/m1/s1. The number of hydrogen-bond acceptors (Lipinski definition) is 4. The second-order valence-electron chi connectivity index (χ2n) is 13.4. The average Bonchev–Trinajstić information content (AvgIpc) is 3.20. The number of piperidine rings is 2. The Morgan fingerprint density at radius 1 is 1.08 bits per heavy atom. The van der Waals surface area contributed by atoms with Crippen molar-refractivity contribution in [1.82, 2.24) is 15.5 Å². The lowest BCUT2D eigenvalue weighted by atomic mass is 9.58. The van der Waals surface area contributed by atoms with E-state index in [0.29, 0.717) is 24.4 Å². The minimum Gasteiger partial charge on any atom is -0.417 e. The first-order valence-corrected chi connectivity index (χ1v) is 17.5. The van der Waals surface area contributed by atoms with Crippen LogP contribution in [0.1, 0.15) is 44.7 Å². The van der Waals surface area contributed by atoms with Crippen LogP contribution in [-0.2, 0) is 22.2 Å². The molecule has 3 heterocycles. The van der Waals surface area contributed by atoms with Crippen LogP contribution in [0.5, 0.6) is 0 Å². The average molecular weight is 534 g/mol. The Balaban J connectivity index is 1.35. The number of amides is 1. The van der Waals surface area contributed by atoms with Gasteiger partial charge in [-0.1, -0.05) is 81.4 Å². The summed E-state index contributed by atoms with van der Waals surface area (Å²) < 4.78 is 6.69. The third kappa shape index (κ3) is 5.38. The molecule has 38 heavy (non-hydrogen) atoms. The predicted octanol–water partition coefficient (Wildman–Crippen LogP) is 5.24. The highest BCUT2D eigenvalue weighted by atomic mass is 28.4. The second kappa shape index (κ2) is 10.9. The van der Waals surface area contributed by atoms with Crippen molar-refractivity contribution in [1.29, 1.82) is 0 Å². The molecule has 4 fully saturated rings. The fraction of sp³-hybridized carbons (Fsp3) is 0.594. The van der Waals surface area contributed by atoms with Gasteiger partial charge >= 0.3 is 0 Å². The summed E-state index contributed by atoms with van der Waals surface area (Å²) in [7, 11) is -1.85.